The van der Waals surface area contributed by atoms with Gasteiger partial charge in [0.15, 0.2) is 11.5 Å². The van der Waals surface area contributed by atoms with Gasteiger partial charge in [0.2, 0.25) is 0 Å². The van der Waals surface area contributed by atoms with Gasteiger partial charge in [-0.1, -0.05) is 129 Å². The van der Waals surface area contributed by atoms with Crippen molar-refractivity contribution in [3.05, 3.63) is 193 Å². The Bertz CT molecular complexity index is 2640. The maximum atomic E-state index is 6.75. The van der Waals surface area contributed by atoms with Crippen molar-refractivity contribution in [2.24, 2.45) is 0 Å². The number of nitrogens with zero attached hydrogens (tertiary/aromatic N) is 2. The van der Waals surface area contributed by atoms with E-state index in [-0.39, 0.29) is 5.41 Å². The Morgan fingerprint density at radius 1 is 0.423 bits per heavy atom. The lowest BCUT2D eigenvalue weighted by molar-refractivity contribution is 0.471. The van der Waals surface area contributed by atoms with Crippen molar-refractivity contribution in [1.29, 1.82) is 0 Å². The van der Waals surface area contributed by atoms with E-state index >= 15 is 0 Å². The van der Waals surface area contributed by atoms with Crippen molar-refractivity contribution in [1.82, 2.24) is 0 Å². The standard InChI is InChI=1S/C49H36N2O/c1-49(2)42-19-8-9-20-44(42)51-45-21-10-11-22-46(45)52-47-32-38(31-43(49)48(47)51)37-17-12-18-40(30-37)50(41-28-25-34-15-6-7-16-36(34)29-41)39-26-23-35(24-27-39)33-13-4-3-5-14-33/h3-32H,1-2H3. The zero-order chi connectivity index (χ0) is 34.8. The zero-order valence-electron chi connectivity index (χ0n) is 29.1. The molecule has 8 aromatic carbocycles. The first-order chi connectivity index (χ1) is 25.5. The van der Waals surface area contributed by atoms with Crippen molar-refractivity contribution >= 4 is 44.9 Å². The van der Waals surface area contributed by atoms with Gasteiger partial charge in [-0.3, -0.25) is 0 Å². The van der Waals surface area contributed by atoms with Crippen LogP contribution in [0.4, 0.5) is 34.1 Å². The molecular formula is C49H36N2O. The van der Waals surface area contributed by atoms with Crippen LogP contribution in [0.1, 0.15) is 25.0 Å². The summed E-state index contributed by atoms with van der Waals surface area (Å²) >= 11 is 0. The normalized spacial score (nSPS) is 13.5. The Labute approximate surface area is 304 Å². The van der Waals surface area contributed by atoms with E-state index in [4.69, 9.17) is 4.74 Å². The fourth-order valence-electron chi connectivity index (χ4n) is 8.14. The average Bonchev–Trinajstić information content (AvgIpc) is 3.20. The summed E-state index contributed by atoms with van der Waals surface area (Å²) in [6.07, 6.45) is 0. The molecule has 2 aliphatic heterocycles. The lowest BCUT2D eigenvalue weighted by Gasteiger charge is -2.45. The highest BCUT2D eigenvalue weighted by Crippen LogP contribution is 2.60. The van der Waals surface area contributed by atoms with Crippen molar-refractivity contribution in [2.45, 2.75) is 19.3 Å². The van der Waals surface area contributed by atoms with Crippen LogP contribution >= 0.6 is 0 Å². The molecule has 0 saturated carbocycles. The van der Waals surface area contributed by atoms with Gasteiger partial charge in [-0.2, -0.15) is 0 Å². The first kappa shape index (κ1) is 30.3. The summed E-state index contributed by atoms with van der Waals surface area (Å²) in [5.41, 5.74) is 13.7. The Balaban J connectivity index is 1.13. The lowest BCUT2D eigenvalue weighted by atomic mass is 9.72. The van der Waals surface area contributed by atoms with Gasteiger partial charge in [-0.15, -0.1) is 0 Å². The number of hydrogen-bond acceptors (Lipinski definition) is 3. The van der Waals surface area contributed by atoms with Gasteiger partial charge in [0.05, 0.1) is 17.1 Å². The van der Waals surface area contributed by atoms with Gasteiger partial charge in [0.1, 0.15) is 0 Å². The largest absolute Gasteiger partial charge is 0.453 e. The smallest absolute Gasteiger partial charge is 0.152 e. The predicted octanol–water partition coefficient (Wildman–Crippen LogP) is 13.9. The summed E-state index contributed by atoms with van der Waals surface area (Å²) in [5, 5.41) is 2.43. The van der Waals surface area contributed by atoms with Crippen molar-refractivity contribution < 1.29 is 4.74 Å². The molecular weight excluding hydrogens is 633 g/mol. The fraction of sp³-hybridized carbons (Fsp3) is 0.0612. The Hall–Kier alpha value is -6.58. The molecule has 2 heterocycles. The Kier molecular flexibility index (Phi) is 6.84. The number of rotatable bonds is 5. The van der Waals surface area contributed by atoms with Crippen LogP contribution in [0.15, 0.2) is 182 Å². The van der Waals surface area contributed by atoms with Crippen molar-refractivity contribution in [2.75, 3.05) is 9.80 Å². The van der Waals surface area contributed by atoms with E-state index in [0.717, 1.165) is 51.1 Å². The molecule has 0 spiro atoms. The van der Waals surface area contributed by atoms with Gasteiger partial charge in [-0.05, 0) is 111 Å². The minimum Gasteiger partial charge on any atom is -0.453 e. The summed E-state index contributed by atoms with van der Waals surface area (Å²) in [6.45, 7) is 4.67. The van der Waals surface area contributed by atoms with Crippen LogP contribution in [0, 0.1) is 0 Å². The number of para-hydroxylation sites is 3. The summed E-state index contributed by atoms with van der Waals surface area (Å²) in [4.78, 5) is 4.76. The highest BCUT2D eigenvalue weighted by atomic mass is 16.5. The van der Waals surface area contributed by atoms with E-state index in [1.807, 2.05) is 6.07 Å². The zero-order valence-corrected chi connectivity index (χ0v) is 29.1. The quantitative estimate of drug-likeness (QED) is 0.182. The molecule has 0 aromatic heterocycles. The molecule has 0 atom stereocenters. The third-order valence-corrected chi connectivity index (χ3v) is 10.8. The van der Waals surface area contributed by atoms with Crippen LogP contribution in [0.3, 0.4) is 0 Å². The molecule has 0 N–H and O–H groups in total. The van der Waals surface area contributed by atoms with Crippen molar-refractivity contribution in [3.8, 4) is 33.8 Å². The van der Waals surface area contributed by atoms with Gasteiger partial charge in [0.25, 0.3) is 0 Å². The van der Waals surface area contributed by atoms with Crippen LogP contribution in [0.25, 0.3) is 33.0 Å². The molecule has 248 valence electrons. The minimum absolute atomic E-state index is 0.238. The topological polar surface area (TPSA) is 15.7 Å². The summed E-state index contributed by atoms with van der Waals surface area (Å²) in [6, 6.07) is 65.4. The average molecular weight is 669 g/mol. The summed E-state index contributed by atoms with van der Waals surface area (Å²) in [5.74, 6) is 1.74. The maximum absolute atomic E-state index is 6.75. The molecule has 2 aliphatic rings. The summed E-state index contributed by atoms with van der Waals surface area (Å²) < 4.78 is 6.75. The molecule has 0 radical (unpaired) electrons. The minimum atomic E-state index is -0.238. The molecule has 3 heteroatoms. The van der Waals surface area contributed by atoms with Crippen LogP contribution in [0.5, 0.6) is 11.5 Å². The van der Waals surface area contributed by atoms with Gasteiger partial charge < -0.3 is 14.5 Å². The molecule has 0 amide bonds. The lowest BCUT2D eigenvalue weighted by Crippen LogP contribution is -2.32. The van der Waals surface area contributed by atoms with E-state index in [2.05, 4.69) is 200 Å². The number of ether oxygens (including phenoxy) is 1. The van der Waals surface area contributed by atoms with E-state index in [0.29, 0.717) is 0 Å². The monoisotopic (exact) mass is 668 g/mol. The SMILES string of the molecule is CC1(C)c2ccccc2N2c3ccccc3Oc3cc(-c4cccc(N(c5ccc(-c6ccccc6)cc5)c5ccc6ccccc6c5)c4)cc1c32. The van der Waals surface area contributed by atoms with Crippen LogP contribution in [-0.4, -0.2) is 0 Å². The second-order valence-electron chi connectivity index (χ2n) is 14.2. The number of benzene rings is 8. The molecule has 0 aliphatic carbocycles. The Morgan fingerprint density at radius 3 is 1.92 bits per heavy atom. The van der Waals surface area contributed by atoms with E-state index in [1.54, 1.807) is 0 Å². The molecule has 3 nitrogen and oxygen atoms in total. The molecule has 10 rings (SSSR count). The highest BCUT2D eigenvalue weighted by Gasteiger charge is 2.41. The third kappa shape index (κ3) is 4.81. The van der Waals surface area contributed by atoms with E-state index in [9.17, 15) is 0 Å². The van der Waals surface area contributed by atoms with E-state index in [1.165, 1.54) is 38.7 Å². The van der Waals surface area contributed by atoms with Crippen LogP contribution in [0.2, 0.25) is 0 Å². The first-order valence-corrected chi connectivity index (χ1v) is 17.9. The van der Waals surface area contributed by atoms with Gasteiger partial charge in [0, 0.05) is 22.5 Å². The molecule has 0 fully saturated rings. The number of anilines is 6. The van der Waals surface area contributed by atoms with E-state index < -0.39 is 0 Å². The molecule has 0 unspecified atom stereocenters. The second kappa shape index (κ2) is 11.8. The maximum Gasteiger partial charge on any atom is 0.152 e. The summed E-state index contributed by atoms with van der Waals surface area (Å²) in [7, 11) is 0. The van der Waals surface area contributed by atoms with Gasteiger partial charge >= 0.3 is 0 Å². The fourth-order valence-corrected chi connectivity index (χ4v) is 8.14. The predicted molar refractivity (Wildman–Crippen MR) is 216 cm³/mol. The molecule has 0 bridgehead atoms. The van der Waals surface area contributed by atoms with Crippen LogP contribution < -0.4 is 14.5 Å². The number of fused-ring (bicyclic) bond motifs is 5. The van der Waals surface area contributed by atoms with Crippen molar-refractivity contribution in [3.63, 3.8) is 0 Å². The second-order valence-corrected chi connectivity index (χ2v) is 14.2. The first-order valence-electron chi connectivity index (χ1n) is 17.9. The third-order valence-electron chi connectivity index (χ3n) is 10.8. The number of hydrogen-bond donors (Lipinski definition) is 0. The highest BCUT2D eigenvalue weighted by molar-refractivity contribution is 5.95. The molecule has 8 aromatic rings. The Morgan fingerprint density at radius 2 is 1.08 bits per heavy atom. The molecule has 0 saturated heterocycles. The van der Waals surface area contributed by atoms with Crippen LogP contribution in [-0.2, 0) is 5.41 Å². The molecule has 52 heavy (non-hydrogen) atoms. The van der Waals surface area contributed by atoms with Gasteiger partial charge in [-0.25, -0.2) is 0 Å².